The van der Waals surface area contributed by atoms with Gasteiger partial charge in [0.05, 0.1) is 6.20 Å². The van der Waals surface area contributed by atoms with E-state index in [4.69, 9.17) is 0 Å². The van der Waals surface area contributed by atoms with Gasteiger partial charge in [0, 0.05) is 45.5 Å². The zero-order valence-electron chi connectivity index (χ0n) is 9.61. The summed E-state index contributed by atoms with van der Waals surface area (Å²) < 4.78 is 1.87. The van der Waals surface area contributed by atoms with Crippen molar-refractivity contribution in [3.05, 3.63) is 18.0 Å². The predicted octanol–water partition coefficient (Wildman–Crippen LogP) is 0.256. The molecule has 1 saturated heterocycles. The number of aromatic nitrogens is 2. The predicted molar refractivity (Wildman–Crippen MR) is 60.8 cm³/mol. The van der Waals surface area contributed by atoms with Crippen molar-refractivity contribution in [3.63, 3.8) is 0 Å². The number of piperazine rings is 1. The smallest absolute Gasteiger partial charge is 0.0522 e. The summed E-state index contributed by atoms with van der Waals surface area (Å²) >= 11 is 0. The van der Waals surface area contributed by atoms with E-state index in [1.54, 1.807) is 0 Å². The minimum absolute atomic E-state index is 0.662. The number of rotatable bonds is 3. The molecule has 84 valence electrons. The molecule has 0 aliphatic carbocycles. The summed E-state index contributed by atoms with van der Waals surface area (Å²) in [6, 6.07) is 0.662. The van der Waals surface area contributed by atoms with Crippen molar-refractivity contribution in [3.8, 4) is 0 Å². The van der Waals surface area contributed by atoms with E-state index in [2.05, 4.69) is 28.4 Å². The van der Waals surface area contributed by atoms with E-state index >= 15 is 0 Å². The lowest BCUT2D eigenvalue weighted by Gasteiger charge is -2.33. The van der Waals surface area contributed by atoms with Gasteiger partial charge in [0.15, 0.2) is 0 Å². The Hall–Kier alpha value is -0.870. The maximum atomic E-state index is 4.19. The molecule has 1 aliphatic rings. The van der Waals surface area contributed by atoms with E-state index in [0.29, 0.717) is 6.04 Å². The summed E-state index contributed by atoms with van der Waals surface area (Å²) in [6.45, 7) is 6.84. The first-order valence-corrected chi connectivity index (χ1v) is 5.68. The molecule has 4 nitrogen and oxygen atoms in total. The molecule has 1 aromatic heterocycles. The highest BCUT2D eigenvalue weighted by Crippen LogP contribution is 2.05. The van der Waals surface area contributed by atoms with Crippen LogP contribution in [0.2, 0.25) is 0 Å². The van der Waals surface area contributed by atoms with Gasteiger partial charge in [-0.25, -0.2) is 0 Å². The van der Waals surface area contributed by atoms with Gasteiger partial charge in [0.1, 0.15) is 0 Å². The van der Waals surface area contributed by atoms with Gasteiger partial charge in [-0.2, -0.15) is 5.10 Å². The molecule has 0 radical (unpaired) electrons. The summed E-state index contributed by atoms with van der Waals surface area (Å²) in [5.74, 6) is 0. The van der Waals surface area contributed by atoms with Crippen molar-refractivity contribution in [2.45, 2.75) is 19.4 Å². The van der Waals surface area contributed by atoms with Crippen LogP contribution in [0.5, 0.6) is 0 Å². The summed E-state index contributed by atoms with van der Waals surface area (Å²) in [5, 5.41) is 7.59. The maximum Gasteiger partial charge on any atom is 0.0522 e. The topological polar surface area (TPSA) is 33.1 Å². The highest BCUT2D eigenvalue weighted by molar-refractivity contribution is 5.04. The molecule has 15 heavy (non-hydrogen) atoms. The molecular formula is C11H20N4. The third kappa shape index (κ3) is 2.79. The molecule has 1 fully saturated rings. The Morgan fingerprint density at radius 3 is 3.13 bits per heavy atom. The fourth-order valence-electron chi connectivity index (χ4n) is 2.09. The van der Waals surface area contributed by atoms with Gasteiger partial charge < -0.3 is 5.32 Å². The first-order chi connectivity index (χ1) is 7.25. The van der Waals surface area contributed by atoms with Gasteiger partial charge in [-0.3, -0.25) is 9.58 Å². The highest BCUT2D eigenvalue weighted by Gasteiger charge is 2.17. The third-order valence-corrected chi connectivity index (χ3v) is 3.08. The van der Waals surface area contributed by atoms with Crippen LogP contribution in [-0.4, -0.2) is 46.9 Å². The molecule has 0 bridgehead atoms. The van der Waals surface area contributed by atoms with Gasteiger partial charge in [-0.05, 0) is 18.9 Å². The molecule has 4 heteroatoms. The van der Waals surface area contributed by atoms with Gasteiger partial charge in [-0.1, -0.05) is 0 Å². The zero-order chi connectivity index (χ0) is 10.7. The fraction of sp³-hybridized carbons (Fsp3) is 0.727. The monoisotopic (exact) mass is 208 g/mol. The Morgan fingerprint density at radius 2 is 2.47 bits per heavy atom. The lowest BCUT2D eigenvalue weighted by atomic mass is 10.2. The Morgan fingerprint density at radius 1 is 1.60 bits per heavy atom. The van der Waals surface area contributed by atoms with Crippen molar-refractivity contribution >= 4 is 0 Å². The Balaban J connectivity index is 1.81. The van der Waals surface area contributed by atoms with Crippen molar-refractivity contribution in [1.29, 1.82) is 0 Å². The molecule has 0 amide bonds. The van der Waals surface area contributed by atoms with Crippen molar-refractivity contribution in [1.82, 2.24) is 20.0 Å². The number of nitrogens with one attached hydrogen (secondary N) is 1. The average molecular weight is 208 g/mol. The van der Waals surface area contributed by atoms with Gasteiger partial charge in [0.2, 0.25) is 0 Å². The number of nitrogens with zero attached hydrogens (tertiary/aromatic N) is 3. The Bertz CT molecular complexity index is 307. The van der Waals surface area contributed by atoms with E-state index in [-0.39, 0.29) is 0 Å². The van der Waals surface area contributed by atoms with Crippen LogP contribution in [0.3, 0.4) is 0 Å². The quantitative estimate of drug-likeness (QED) is 0.773. The normalized spacial score (nSPS) is 23.2. The standard InChI is InChI=1S/C11H20N4/c1-10-7-12-4-6-15(10)5-3-11-8-13-14(2)9-11/h8-10,12H,3-7H2,1-2H3. The second-order valence-corrected chi connectivity index (χ2v) is 4.36. The minimum atomic E-state index is 0.662. The molecule has 1 unspecified atom stereocenters. The third-order valence-electron chi connectivity index (χ3n) is 3.08. The second-order valence-electron chi connectivity index (χ2n) is 4.36. The number of aryl methyl sites for hydroxylation is 1. The second kappa shape index (κ2) is 4.77. The van der Waals surface area contributed by atoms with Crippen molar-refractivity contribution < 1.29 is 0 Å². The largest absolute Gasteiger partial charge is 0.314 e. The van der Waals surface area contributed by atoms with E-state index in [1.165, 1.54) is 12.1 Å². The van der Waals surface area contributed by atoms with Crippen LogP contribution in [0, 0.1) is 0 Å². The molecule has 1 aromatic rings. The molecule has 0 aromatic carbocycles. The first-order valence-electron chi connectivity index (χ1n) is 5.68. The molecular weight excluding hydrogens is 188 g/mol. The van der Waals surface area contributed by atoms with Crippen LogP contribution in [-0.2, 0) is 13.5 Å². The molecule has 2 heterocycles. The van der Waals surface area contributed by atoms with Crippen molar-refractivity contribution in [2.75, 3.05) is 26.2 Å². The van der Waals surface area contributed by atoms with E-state index < -0.39 is 0 Å². The van der Waals surface area contributed by atoms with Crippen LogP contribution < -0.4 is 5.32 Å². The minimum Gasteiger partial charge on any atom is -0.314 e. The lowest BCUT2D eigenvalue weighted by molar-refractivity contribution is 0.176. The summed E-state index contributed by atoms with van der Waals surface area (Å²) in [5.41, 5.74) is 1.34. The van der Waals surface area contributed by atoms with Crippen LogP contribution in [0.25, 0.3) is 0 Å². The van der Waals surface area contributed by atoms with Crippen molar-refractivity contribution in [2.24, 2.45) is 7.05 Å². The zero-order valence-corrected chi connectivity index (χ0v) is 9.61. The molecule has 1 aliphatic heterocycles. The SMILES string of the molecule is CC1CNCCN1CCc1cnn(C)c1. The van der Waals surface area contributed by atoms with Gasteiger partial charge in [-0.15, -0.1) is 0 Å². The summed E-state index contributed by atoms with van der Waals surface area (Å²) in [4.78, 5) is 2.55. The number of hydrogen-bond acceptors (Lipinski definition) is 3. The molecule has 1 atom stereocenters. The van der Waals surface area contributed by atoms with Crippen LogP contribution >= 0.6 is 0 Å². The average Bonchev–Trinajstić information content (AvgIpc) is 2.63. The fourth-order valence-corrected chi connectivity index (χ4v) is 2.09. The molecule has 0 saturated carbocycles. The maximum absolute atomic E-state index is 4.19. The Kier molecular flexibility index (Phi) is 3.38. The van der Waals surface area contributed by atoms with Gasteiger partial charge >= 0.3 is 0 Å². The lowest BCUT2D eigenvalue weighted by Crippen LogP contribution is -2.50. The van der Waals surface area contributed by atoms with Gasteiger partial charge in [0.25, 0.3) is 0 Å². The van der Waals surface area contributed by atoms with Crippen LogP contribution in [0.1, 0.15) is 12.5 Å². The van der Waals surface area contributed by atoms with Crippen LogP contribution in [0.15, 0.2) is 12.4 Å². The number of hydrogen-bond donors (Lipinski definition) is 1. The van der Waals surface area contributed by atoms with E-state index in [1.807, 2.05) is 17.9 Å². The molecule has 1 N–H and O–H groups in total. The highest BCUT2D eigenvalue weighted by atomic mass is 15.2. The van der Waals surface area contributed by atoms with E-state index in [0.717, 1.165) is 26.1 Å². The molecule has 0 spiro atoms. The summed E-state index contributed by atoms with van der Waals surface area (Å²) in [6.07, 6.45) is 5.18. The summed E-state index contributed by atoms with van der Waals surface area (Å²) in [7, 11) is 1.97. The van der Waals surface area contributed by atoms with E-state index in [9.17, 15) is 0 Å². The first kappa shape index (κ1) is 10.6. The Labute approximate surface area is 91.3 Å². The molecule has 2 rings (SSSR count). The van der Waals surface area contributed by atoms with Crippen LogP contribution in [0.4, 0.5) is 0 Å².